The van der Waals surface area contributed by atoms with Crippen LogP contribution in [0, 0.1) is 25.7 Å². The summed E-state index contributed by atoms with van der Waals surface area (Å²) in [6.45, 7) is 20.1. The molecule has 3 fully saturated rings. The van der Waals surface area contributed by atoms with Gasteiger partial charge in [0.25, 0.3) is 0 Å². The lowest BCUT2D eigenvalue weighted by Gasteiger charge is -2.29. The Balaban J connectivity index is 0.000000166. The number of benzene rings is 6. The average Bonchev–Trinajstić information content (AvgIpc) is 1.56. The largest absolute Gasteiger partial charge is 0.507 e. The van der Waals surface area contributed by atoms with Crippen molar-refractivity contribution >= 4 is 40.2 Å². The van der Waals surface area contributed by atoms with Crippen LogP contribution in [0.1, 0.15) is 213 Å². The summed E-state index contributed by atoms with van der Waals surface area (Å²) in [6, 6.07) is 35.4. The Bertz CT molecular complexity index is 4620. The number of hydrogen-bond acceptors (Lipinski definition) is 20. The number of Topliss-reactive ketones (excluding diaryl/α,β-unsaturated/α-hetero) is 4. The zero-order valence-electron chi connectivity index (χ0n) is 65.0. The van der Waals surface area contributed by atoms with Crippen molar-refractivity contribution in [2.24, 2.45) is 11.8 Å². The van der Waals surface area contributed by atoms with Crippen molar-refractivity contribution in [3.05, 3.63) is 217 Å². The molecule has 2 aromatic heterocycles. The highest BCUT2D eigenvalue weighted by Crippen LogP contribution is 2.55. The number of carbonyl (C=O) groups is 4. The number of aromatic hydroxyl groups is 2. The molecule has 8 aromatic rings. The Morgan fingerprint density at radius 2 is 0.946 bits per heavy atom. The van der Waals surface area contributed by atoms with Gasteiger partial charge in [-0.15, -0.1) is 0 Å². The molecule has 22 heteroatoms. The summed E-state index contributed by atoms with van der Waals surface area (Å²) in [5.41, 5.74) is 10.8. The lowest BCUT2D eigenvalue weighted by atomic mass is 9.88. The SMILES string of the molecule is C.CCCCc1cc(O)c(CN2c3ccc(CO)cc3[C@]3(O)C[C@@H](CC(=O)Cc4cccc(C)c4)OC23)c(O)c1.CCn1ncc(CCC(C)C)c1C(=O)CN1c2ccc(CO)cc2[C@]2(O)CCOC12.CCn1ncc(CCC(C)C)c1C(=O)CN1c2ccc(CO)cc2[C@]2(O)C[C@@H](CC(=O)Cc3cccc(C)c3)OC12. The quantitative estimate of drug-likeness (QED) is 0.0194. The molecule has 8 atom stereocenters. The summed E-state index contributed by atoms with van der Waals surface area (Å²) in [4.78, 5) is 58.8. The standard InChI is InChI=1S/C33H41N3O5.C32H37NO6.C23H31N3O4.CH4/c1-5-36-31(25(18-34-36)11-9-21(2)3)30(39)19-35-29-12-10-24(20-37)15-28(29)33(40)17-27(41-32(33)35)16-26(38)14-23-8-6-7-22(4)13-23;1-3-4-7-22-14-29(36)26(30(37)15-22)18-33-28-10-9-23(19-34)13-27(28)32(38)17-25(39-31(32)33)16-24(35)12-21-8-5-6-20(2)11-21;1-4-26-21(17(12-24-26)7-5-15(2)3)20(28)13-25-19-8-6-16(14-27)11-18(19)23(29)9-10-30-22(23)25;/h6-8,10,12-13,15,18,21,27,32,37,40H,5,9,11,14,16-17,19-20H2,1-4H3;5-6,8-11,13-15,25,31,34,36-38H,3-4,7,12,16-19H2,1-2H3;6,8,11-12,15,22,27,29H,4-5,7,9-10,13-14H2,1-3H3;1H4/t27-,32?,33-;25-,31?,32-;22?,23-;/m111./s1. The number of fused-ring (bicyclic) bond motifs is 9. The number of ketones is 4. The zero-order valence-corrected chi connectivity index (χ0v) is 65.0. The predicted octanol–water partition coefficient (Wildman–Crippen LogP) is 12.5. The molecular formula is C89H113N7O15. The van der Waals surface area contributed by atoms with E-state index in [9.17, 15) is 60.0 Å². The van der Waals surface area contributed by atoms with Crippen LogP contribution in [-0.2, 0) is 112 Å². The van der Waals surface area contributed by atoms with Crippen molar-refractivity contribution in [3.8, 4) is 11.5 Å². The fourth-order valence-corrected chi connectivity index (χ4v) is 16.9. The first kappa shape index (κ1) is 83.0. The summed E-state index contributed by atoms with van der Waals surface area (Å²) in [5.74, 6) is 0.992. The van der Waals surface area contributed by atoms with Crippen molar-refractivity contribution in [2.75, 3.05) is 34.4 Å². The number of ether oxygens (including phenoxy) is 3. The summed E-state index contributed by atoms with van der Waals surface area (Å²) in [5, 5.41) is 95.0. The molecule has 0 spiro atoms. The van der Waals surface area contributed by atoms with Crippen LogP contribution in [0.15, 0.2) is 128 Å². The van der Waals surface area contributed by atoms with Crippen molar-refractivity contribution < 1.29 is 74.2 Å². The number of hydrogen-bond donors (Lipinski definition) is 8. The van der Waals surface area contributed by atoms with Gasteiger partial charge in [-0.1, -0.05) is 126 Å². The van der Waals surface area contributed by atoms with Gasteiger partial charge >= 0.3 is 0 Å². The number of aryl methyl sites for hydroxylation is 7. The Morgan fingerprint density at radius 3 is 1.36 bits per heavy atom. The van der Waals surface area contributed by atoms with Gasteiger partial charge in [-0.05, 0) is 160 Å². The van der Waals surface area contributed by atoms with Gasteiger partial charge in [-0.2, -0.15) is 10.2 Å². The first-order chi connectivity index (χ1) is 52.7. The van der Waals surface area contributed by atoms with Crippen LogP contribution in [0.5, 0.6) is 11.5 Å². The van der Waals surface area contributed by atoms with Crippen LogP contribution in [0.2, 0.25) is 0 Å². The number of phenolic OH excluding ortho intramolecular Hbond substituents is 2. The minimum absolute atomic E-state index is 0. The van der Waals surface area contributed by atoms with Gasteiger partial charge in [0.05, 0.1) is 76.2 Å². The summed E-state index contributed by atoms with van der Waals surface area (Å²) >= 11 is 0. The van der Waals surface area contributed by atoms with E-state index in [2.05, 4.69) is 44.8 Å². The van der Waals surface area contributed by atoms with Crippen LogP contribution in [0.3, 0.4) is 0 Å². The molecule has 3 unspecified atom stereocenters. The number of unbranched alkanes of at least 4 members (excludes halogenated alkanes) is 1. The van der Waals surface area contributed by atoms with E-state index in [1.54, 1.807) is 52.0 Å². The first-order valence-electron chi connectivity index (χ1n) is 39.2. The highest BCUT2D eigenvalue weighted by Gasteiger charge is 2.60. The maximum Gasteiger partial charge on any atom is 0.200 e. The number of aliphatic hydroxyl groups is 6. The topological polar surface area (TPSA) is 303 Å². The van der Waals surface area contributed by atoms with E-state index in [4.69, 9.17) is 14.2 Å². The van der Waals surface area contributed by atoms with E-state index in [1.807, 2.05) is 127 Å². The Hall–Kier alpha value is -8.94. The zero-order chi connectivity index (χ0) is 78.5. The van der Waals surface area contributed by atoms with E-state index in [0.717, 1.165) is 101 Å². The van der Waals surface area contributed by atoms with Crippen LogP contribution in [0.4, 0.5) is 17.1 Å². The molecule has 0 amide bonds. The number of nitrogens with zero attached hydrogens (tertiary/aromatic N) is 7. The van der Waals surface area contributed by atoms with E-state index in [1.165, 1.54) is 0 Å². The number of rotatable bonds is 30. The molecule has 111 heavy (non-hydrogen) atoms. The van der Waals surface area contributed by atoms with Crippen LogP contribution in [0.25, 0.3) is 0 Å². The molecule has 0 bridgehead atoms. The third kappa shape index (κ3) is 17.6. The van der Waals surface area contributed by atoms with Crippen molar-refractivity contribution in [2.45, 2.75) is 247 Å². The molecule has 6 aromatic carbocycles. The molecule has 3 saturated heterocycles. The van der Waals surface area contributed by atoms with Gasteiger partial charge in [0.15, 0.2) is 30.3 Å². The van der Waals surface area contributed by atoms with Crippen molar-refractivity contribution in [1.29, 1.82) is 0 Å². The fourth-order valence-electron chi connectivity index (χ4n) is 16.9. The molecule has 8 heterocycles. The molecule has 594 valence electrons. The van der Waals surface area contributed by atoms with Gasteiger partial charge in [-0.25, -0.2) is 0 Å². The Morgan fingerprint density at radius 1 is 0.523 bits per heavy atom. The lowest BCUT2D eigenvalue weighted by Crippen LogP contribution is -2.44. The number of anilines is 3. The van der Waals surface area contributed by atoms with Crippen molar-refractivity contribution in [1.82, 2.24) is 19.6 Å². The van der Waals surface area contributed by atoms with E-state index in [-0.39, 0.29) is 107 Å². The van der Waals surface area contributed by atoms with Gasteiger partial charge in [-0.3, -0.25) is 28.5 Å². The molecule has 0 radical (unpaired) electrons. The number of aliphatic hydroxyl groups excluding tert-OH is 3. The van der Waals surface area contributed by atoms with Gasteiger partial charge in [0.2, 0.25) is 0 Å². The van der Waals surface area contributed by atoms with Crippen molar-refractivity contribution in [3.63, 3.8) is 0 Å². The highest BCUT2D eigenvalue weighted by atomic mass is 16.6. The maximum atomic E-state index is 13.9. The van der Waals surface area contributed by atoms with Gasteiger partial charge in [0.1, 0.15) is 51.3 Å². The fraction of sp³-hybridized carbons (Fsp3) is 0.483. The smallest absolute Gasteiger partial charge is 0.200 e. The monoisotopic (exact) mass is 1520 g/mol. The van der Waals surface area contributed by atoms with Crippen LogP contribution >= 0.6 is 0 Å². The Kier molecular flexibility index (Phi) is 26.5. The van der Waals surface area contributed by atoms with Gasteiger partial charge < -0.3 is 69.8 Å². The van der Waals surface area contributed by atoms with E-state index < -0.39 is 47.7 Å². The molecule has 14 rings (SSSR count). The van der Waals surface area contributed by atoms with Crippen LogP contribution < -0.4 is 14.7 Å². The number of carbonyl (C=O) groups excluding carboxylic acids is 4. The molecule has 0 aliphatic carbocycles. The summed E-state index contributed by atoms with van der Waals surface area (Å²) in [7, 11) is 0. The third-order valence-electron chi connectivity index (χ3n) is 22.5. The Labute approximate surface area is 652 Å². The maximum absolute atomic E-state index is 13.9. The first-order valence-corrected chi connectivity index (χ1v) is 39.2. The minimum atomic E-state index is -1.40. The van der Waals surface area contributed by atoms with Gasteiger partial charge in [0, 0.05) is 103 Å². The highest BCUT2D eigenvalue weighted by molar-refractivity contribution is 6.00. The van der Waals surface area contributed by atoms with E-state index in [0.29, 0.717) is 101 Å². The molecular weight excluding hydrogens is 1410 g/mol. The molecule has 0 saturated carbocycles. The molecule has 6 aliphatic rings. The third-order valence-corrected chi connectivity index (χ3v) is 22.5. The average molecular weight is 1520 g/mol. The second-order valence-electron chi connectivity index (χ2n) is 31.7. The predicted molar refractivity (Wildman–Crippen MR) is 425 cm³/mol. The molecule has 8 N–H and O–H groups in total. The van der Waals surface area contributed by atoms with Crippen LogP contribution in [-0.4, -0.2) is 134 Å². The second-order valence-corrected chi connectivity index (χ2v) is 31.7. The summed E-state index contributed by atoms with van der Waals surface area (Å²) < 4.78 is 22.1. The summed E-state index contributed by atoms with van der Waals surface area (Å²) in [6.07, 6.45) is 8.53. The number of aromatic nitrogens is 4. The molecule has 6 aliphatic heterocycles. The lowest BCUT2D eigenvalue weighted by molar-refractivity contribution is -0.122. The number of phenols is 2. The second kappa shape index (κ2) is 35.4. The normalized spacial score (nSPS) is 21.6. The van der Waals surface area contributed by atoms with E-state index >= 15 is 0 Å². The molecule has 22 nitrogen and oxygen atoms in total. The minimum Gasteiger partial charge on any atom is -0.507 e.